The molecule has 166 valence electrons. The van der Waals surface area contributed by atoms with Gasteiger partial charge in [0, 0.05) is 24.6 Å². The van der Waals surface area contributed by atoms with Crippen LogP contribution in [-0.4, -0.2) is 49.0 Å². The number of hydrogen-bond donors (Lipinski definition) is 0. The zero-order chi connectivity index (χ0) is 21.8. The van der Waals surface area contributed by atoms with Crippen molar-refractivity contribution in [3.05, 3.63) is 65.2 Å². The molecule has 0 spiro atoms. The van der Waals surface area contributed by atoms with E-state index in [9.17, 15) is 4.79 Å². The summed E-state index contributed by atoms with van der Waals surface area (Å²) in [7, 11) is 1.74. The number of ether oxygens (including phenoxy) is 1. The SMILES string of the molecule is COc1cccc2c1C(C(C)C)N(C(=O)C1CCN(CCc3ccccc3)CC1)CC2. The van der Waals surface area contributed by atoms with Crippen molar-refractivity contribution in [1.29, 1.82) is 0 Å². The van der Waals surface area contributed by atoms with E-state index in [2.05, 4.69) is 66.1 Å². The molecule has 2 aliphatic heterocycles. The monoisotopic (exact) mass is 420 g/mol. The van der Waals surface area contributed by atoms with Crippen molar-refractivity contribution in [2.45, 2.75) is 45.6 Å². The third-order valence-corrected chi connectivity index (χ3v) is 7.04. The van der Waals surface area contributed by atoms with E-state index in [0.29, 0.717) is 11.8 Å². The fourth-order valence-corrected chi connectivity index (χ4v) is 5.37. The van der Waals surface area contributed by atoms with E-state index in [1.165, 1.54) is 16.7 Å². The zero-order valence-electron chi connectivity index (χ0n) is 19.2. The Morgan fingerprint density at radius 1 is 1.03 bits per heavy atom. The molecular formula is C27H36N2O2. The number of rotatable bonds is 6. The van der Waals surface area contributed by atoms with Crippen molar-refractivity contribution < 1.29 is 9.53 Å². The molecule has 1 amide bonds. The van der Waals surface area contributed by atoms with Gasteiger partial charge in [0.25, 0.3) is 0 Å². The van der Waals surface area contributed by atoms with Gasteiger partial charge in [0.05, 0.1) is 13.2 Å². The second-order valence-electron chi connectivity index (χ2n) is 9.36. The van der Waals surface area contributed by atoms with Crippen molar-refractivity contribution >= 4 is 5.91 Å². The van der Waals surface area contributed by atoms with Crippen LogP contribution >= 0.6 is 0 Å². The second kappa shape index (κ2) is 9.86. The maximum Gasteiger partial charge on any atom is 0.226 e. The molecule has 4 rings (SSSR count). The molecule has 2 aliphatic rings. The molecule has 4 nitrogen and oxygen atoms in total. The Hall–Kier alpha value is -2.33. The summed E-state index contributed by atoms with van der Waals surface area (Å²) in [5, 5.41) is 0. The minimum Gasteiger partial charge on any atom is -0.496 e. The lowest BCUT2D eigenvalue weighted by Gasteiger charge is -2.43. The molecule has 0 N–H and O–H groups in total. The first-order valence-corrected chi connectivity index (χ1v) is 11.8. The first-order chi connectivity index (χ1) is 15.1. The molecule has 1 fully saturated rings. The number of piperidine rings is 1. The van der Waals surface area contributed by atoms with Crippen LogP contribution in [0.4, 0.5) is 0 Å². The normalized spacial score (nSPS) is 20.0. The molecule has 2 heterocycles. The van der Waals surface area contributed by atoms with Crippen molar-refractivity contribution in [2.75, 3.05) is 33.3 Å². The molecule has 0 bridgehead atoms. The van der Waals surface area contributed by atoms with Crippen LogP contribution in [0, 0.1) is 11.8 Å². The Bertz CT molecular complexity index is 858. The van der Waals surface area contributed by atoms with E-state index in [-0.39, 0.29) is 12.0 Å². The van der Waals surface area contributed by atoms with Crippen LogP contribution < -0.4 is 4.74 Å². The molecule has 2 aromatic carbocycles. The van der Waals surface area contributed by atoms with E-state index >= 15 is 0 Å². The van der Waals surface area contributed by atoms with E-state index in [4.69, 9.17) is 4.74 Å². The third kappa shape index (κ3) is 4.79. The molecule has 4 heteroatoms. The zero-order valence-corrected chi connectivity index (χ0v) is 19.2. The summed E-state index contributed by atoms with van der Waals surface area (Å²) in [6.45, 7) is 8.37. The third-order valence-electron chi connectivity index (χ3n) is 7.04. The summed E-state index contributed by atoms with van der Waals surface area (Å²) in [5.74, 6) is 1.76. The molecule has 1 unspecified atom stereocenters. The summed E-state index contributed by atoms with van der Waals surface area (Å²) in [6, 6.07) is 17.1. The average Bonchev–Trinajstić information content (AvgIpc) is 2.82. The minimum absolute atomic E-state index is 0.100. The van der Waals surface area contributed by atoms with Gasteiger partial charge in [0.2, 0.25) is 5.91 Å². The summed E-state index contributed by atoms with van der Waals surface area (Å²) in [6.07, 6.45) is 3.93. The van der Waals surface area contributed by atoms with Gasteiger partial charge in [-0.3, -0.25) is 4.79 Å². The lowest BCUT2D eigenvalue weighted by molar-refractivity contribution is -0.141. The molecule has 0 radical (unpaired) electrons. The van der Waals surface area contributed by atoms with Crippen molar-refractivity contribution in [3.8, 4) is 5.75 Å². The summed E-state index contributed by atoms with van der Waals surface area (Å²) >= 11 is 0. The van der Waals surface area contributed by atoms with Gasteiger partial charge in [-0.05, 0) is 61.9 Å². The first-order valence-electron chi connectivity index (χ1n) is 11.8. The fraction of sp³-hybridized carbons (Fsp3) is 0.519. The van der Waals surface area contributed by atoms with Crippen LogP contribution in [0.5, 0.6) is 5.75 Å². The number of methoxy groups -OCH3 is 1. The molecular weight excluding hydrogens is 384 g/mol. The van der Waals surface area contributed by atoms with Gasteiger partial charge >= 0.3 is 0 Å². The van der Waals surface area contributed by atoms with Crippen LogP contribution in [0.15, 0.2) is 48.5 Å². The molecule has 2 aromatic rings. The average molecular weight is 421 g/mol. The molecule has 0 aromatic heterocycles. The number of hydrogen-bond acceptors (Lipinski definition) is 3. The van der Waals surface area contributed by atoms with Crippen LogP contribution in [0.3, 0.4) is 0 Å². The van der Waals surface area contributed by atoms with Gasteiger partial charge in [0.1, 0.15) is 5.75 Å². The highest BCUT2D eigenvalue weighted by molar-refractivity contribution is 5.80. The Labute approximate surface area is 187 Å². The number of fused-ring (bicyclic) bond motifs is 1. The summed E-state index contributed by atoms with van der Waals surface area (Å²) < 4.78 is 5.70. The predicted molar refractivity (Wildman–Crippen MR) is 125 cm³/mol. The predicted octanol–water partition coefficient (Wildman–Crippen LogP) is 4.73. The smallest absolute Gasteiger partial charge is 0.226 e. The van der Waals surface area contributed by atoms with E-state index in [1.807, 2.05) is 6.07 Å². The van der Waals surface area contributed by atoms with E-state index in [1.54, 1.807) is 7.11 Å². The van der Waals surface area contributed by atoms with Crippen molar-refractivity contribution in [2.24, 2.45) is 11.8 Å². The lowest BCUT2D eigenvalue weighted by Crippen LogP contribution is -2.47. The fourth-order valence-electron chi connectivity index (χ4n) is 5.37. The first kappa shape index (κ1) is 21.9. The van der Waals surface area contributed by atoms with Gasteiger partial charge in [-0.2, -0.15) is 0 Å². The quantitative estimate of drug-likeness (QED) is 0.677. The Morgan fingerprint density at radius 3 is 2.45 bits per heavy atom. The largest absolute Gasteiger partial charge is 0.496 e. The molecule has 1 atom stereocenters. The lowest BCUT2D eigenvalue weighted by atomic mass is 9.84. The highest BCUT2D eigenvalue weighted by Gasteiger charge is 2.38. The van der Waals surface area contributed by atoms with Gasteiger partial charge in [-0.15, -0.1) is 0 Å². The molecule has 0 aliphatic carbocycles. The molecule has 1 saturated heterocycles. The Morgan fingerprint density at radius 2 is 1.77 bits per heavy atom. The molecule has 0 saturated carbocycles. The van der Waals surface area contributed by atoms with Crippen LogP contribution in [0.2, 0.25) is 0 Å². The second-order valence-corrected chi connectivity index (χ2v) is 9.36. The summed E-state index contributed by atoms with van der Waals surface area (Å²) in [5.41, 5.74) is 3.94. The number of carbonyl (C=O) groups is 1. The minimum atomic E-state index is 0.100. The van der Waals surface area contributed by atoms with Gasteiger partial charge in [-0.25, -0.2) is 0 Å². The van der Waals surface area contributed by atoms with Crippen LogP contribution in [-0.2, 0) is 17.6 Å². The number of likely N-dealkylation sites (tertiary alicyclic amines) is 1. The Balaban J connectivity index is 1.40. The molecule has 31 heavy (non-hydrogen) atoms. The van der Waals surface area contributed by atoms with E-state index in [0.717, 1.165) is 57.6 Å². The number of benzene rings is 2. The standard InChI is InChI=1S/C27H36N2O2/c1-20(2)26-25-22(10-7-11-24(25)31-3)15-19-29(26)27(30)23-13-17-28(18-14-23)16-12-21-8-5-4-6-9-21/h4-11,20,23,26H,12-19H2,1-3H3. The van der Waals surface area contributed by atoms with Crippen molar-refractivity contribution in [3.63, 3.8) is 0 Å². The maximum absolute atomic E-state index is 13.6. The number of carbonyl (C=O) groups excluding carboxylic acids is 1. The summed E-state index contributed by atoms with van der Waals surface area (Å²) in [4.78, 5) is 18.3. The number of amides is 1. The topological polar surface area (TPSA) is 32.8 Å². The number of nitrogens with zero attached hydrogens (tertiary/aromatic N) is 2. The Kier molecular flexibility index (Phi) is 6.96. The van der Waals surface area contributed by atoms with E-state index < -0.39 is 0 Å². The highest BCUT2D eigenvalue weighted by atomic mass is 16.5. The van der Waals surface area contributed by atoms with Crippen LogP contribution in [0.1, 0.15) is 49.4 Å². The van der Waals surface area contributed by atoms with Gasteiger partial charge in [-0.1, -0.05) is 56.3 Å². The maximum atomic E-state index is 13.6. The van der Waals surface area contributed by atoms with Gasteiger partial charge in [0.15, 0.2) is 0 Å². The van der Waals surface area contributed by atoms with Gasteiger partial charge < -0.3 is 14.5 Å². The highest BCUT2D eigenvalue weighted by Crippen LogP contribution is 2.41. The van der Waals surface area contributed by atoms with Crippen molar-refractivity contribution in [1.82, 2.24) is 9.80 Å². The van der Waals surface area contributed by atoms with Crippen LogP contribution in [0.25, 0.3) is 0 Å².